The molecule has 0 radical (unpaired) electrons. The Kier molecular flexibility index (Phi) is 3.61. The van der Waals surface area contributed by atoms with Crippen molar-refractivity contribution in [2.45, 2.75) is 19.3 Å². The molecule has 5 heteroatoms. The lowest BCUT2D eigenvalue weighted by molar-refractivity contribution is -0.117. The minimum absolute atomic E-state index is 0.0605. The van der Waals surface area contributed by atoms with Gasteiger partial charge in [0.25, 0.3) is 0 Å². The smallest absolute Gasteiger partial charge is 0.228 e. The van der Waals surface area contributed by atoms with Crippen LogP contribution in [0, 0.1) is 12.8 Å². The van der Waals surface area contributed by atoms with Gasteiger partial charge in [0.1, 0.15) is 12.7 Å². The van der Waals surface area contributed by atoms with Gasteiger partial charge in [0.2, 0.25) is 5.91 Å². The number of carbonyl (C=O) groups is 1. The Morgan fingerprint density at radius 1 is 1.12 bits per heavy atom. The van der Waals surface area contributed by atoms with Gasteiger partial charge < -0.3 is 5.32 Å². The zero-order chi connectivity index (χ0) is 16.5. The molecule has 0 spiro atoms. The summed E-state index contributed by atoms with van der Waals surface area (Å²) in [6.45, 7) is 2.08. The van der Waals surface area contributed by atoms with Crippen molar-refractivity contribution in [3.8, 4) is 5.69 Å². The van der Waals surface area contributed by atoms with Crippen LogP contribution >= 0.6 is 0 Å². The van der Waals surface area contributed by atoms with Crippen molar-refractivity contribution in [3.63, 3.8) is 0 Å². The summed E-state index contributed by atoms with van der Waals surface area (Å²) in [5, 5.41) is 10.6. The molecule has 1 saturated carbocycles. The second-order valence-corrected chi connectivity index (χ2v) is 6.27. The molecule has 5 nitrogen and oxygen atoms in total. The molecule has 1 aliphatic rings. The SMILES string of the molecule is Cc1cccc([C@H]2C[C@H]2C(=O)Nc2cccc(-n3cnnc3)c2)c1. The Morgan fingerprint density at radius 3 is 2.71 bits per heavy atom. The van der Waals surface area contributed by atoms with Gasteiger partial charge in [0.05, 0.1) is 5.69 Å². The zero-order valence-corrected chi connectivity index (χ0v) is 13.4. The largest absolute Gasteiger partial charge is 0.326 e. The van der Waals surface area contributed by atoms with Crippen molar-refractivity contribution in [2.75, 3.05) is 5.32 Å². The number of anilines is 1. The van der Waals surface area contributed by atoms with Gasteiger partial charge in [-0.15, -0.1) is 10.2 Å². The van der Waals surface area contributed by atoms with Gasteiger partial charge in [-0.05, 0) is 43.0 Å². The Balaban J connectivity index is 1.45. The van der Waals surface area contributed by atoms with Gasteiger partial charge in [-0.1, -0.05) is 35.9 Å². The summed E-state index contributed by atoms with van der Waals surface area (Å²) in [6, 6.07) is 16.1. The molecule has 120 valence electrons. The number of aromatic nitrogens is 3. The van der Waals surface area contributed by atoms with Gasteiger partial charge in [0, 0.05) is 11.6 Å². The second kappa shape index (κ2) is 5.92. The standard InChI is InChI=1S/C19H18N4O/c1-13-4-2-5-14(8-13)17-10-18(17)19(24)22-15-6-3-7-16(9-15)23-11-20-21-12-23/h2-9,11-12,17-18H,10H2,1H3,(H,22,24)/t17-,18-/m1/s1. The Hall–Kier alpha value is -2.95. The molecule has 1 heterocycles. The number of benzene rings is 2. The van der Waals surface area contributed by atoms with Crippen LogP contribution in [0.25, 0.3) is 5.69 Å². The number of aryl methyl sites for hydroxylation is 1. The number of hydrogen-bond acceptors (Lipinski definition) is 3. The Labute approximate surface area is 140 Å². The molecule has 1 amide bonds. The minimum atomic E-state index is 0.0605. The summed E-state index contributed by atoms with van der Waals surface area (Å²) in [7, 11) is 0. The van der Waals surface area contributed by atoms with Crippen LogP contribution in [-0.4, -0.2) is 20.7 Å². The van der Waals surface area contributed by atoms with Crippen molar-refractivity contribution in [1.82, 2.24) is 14.8 Å². The molecule has 3 aromatic rings. The van der Waals surface area contributed by atoms with Crippen molar-refractivity contribution < 1.29 is 4.79 Å². The van der Waals surface area contributed by atoms with E-state index in [0.717, 1.165) is 17.8 Å². The van der Waals surface area contributed by atoms with Crippen molar-refractivity contribution >= 4 is 11.6 Å². The van der Waals surface area contributed by atoms with E-state index in [-0.39, 0.29) is 11.8 Å². The third-order valence-electron chi connectivity index (χ3n) is 4.43. The van der Waals surface area contributed by atoms with E-state index in [1.165, 1.54) is 11.1 Å². The van der Waals surface area contributed by atoms with E-state index in [1.54, 1.807) is 12.7 Å². The molecule has 1 aliphatic carbocycles. The maximum atomic E-state index is 12.5. The minimum Gasteiger partial charge on any atom is -0.326 e. The third kappa shape index (κ3) is 2.93. The molecular formula is C19H18N4O. The number of carbonyl (C=O) groups excluding carboxylic acids is 1. The highest BCUT2D eigenvalue weighted by Crippen LogP contribution is 2.48. The molecule has 1 fully saturated rings. The highest BCUT2D eigenvalue weighted by Gasteiger charge is 2.43. The fourth-order valence-electron chi connectivity index (χ4n) is 3.07. The maximum absolute atomic E-state index is 12.5. The molecule has 2 aromatic carbocycles. The van der Waals surface area contributed by atoms with E-state index in [9.17, 15) is 4.79 Å². The van der Waals surface area contributed by atoms with Crippen LogP contribution in [0.4, 0.5) is 5.69 Å². The molecule has 1 N–H and O–H groups in total. The second-order valence-electron chi connectivity index (χ2n) is 6.27. The lowest BCUT2D eigenvalue weighted by Gasteiger charge is -2.08. The molecule has 0 aliphatic heterocycles. The molecule has 0 unspecified atom stereocenters. The summed E-state index contributed by atoms with van der Waals surface area (Å²) in [5.74, 6) is 0.485. The number of rotatable bonds is 4. The van der Waals surface area contributed by atoms with E-state index in [2.05, 4.69) is 46.7 Å². The average Bonchev–Trinajstić information content (AvgIpc) is 3.21. The fraction of sp³-hybridized carbons (Fsp3) is 0.211. The highest BCUT2D eigenvalue weighted by molar-refractivity contribution is 5.95. The first-order chi connectivity index (χ1) is 11.7. The van der Waals surface area contributed by atoms with E-state index in [1.807, 2.05) is 28.8 Å². The molecule has 2 atom stereocenters. The first kappa shape index (κ1) is 14.6. The maximum Gasteiger partial charge on any atom is 0.228 e. The number of nitrogens with one attached hydrogen (secondary N) is 1. The first-order valence-corrected chi connectivity index (χ1v) is 8.03. The van der Waals surface area contributed by atoms with E-state index >= 15 is 0 Å². The molecule has 0 bridgehead atoms. The molecular weight excluding hydrogens is 300 g/mol. The third-order valence-corrected chi connectivity index (χ3v) is 4.43. The van der Waals surface area contributed by atoms with Gasteiger partial charge in [-0.2, -0.15) is 0 Å². The highest BCUT2D eigenvalue weighted by atomic mass is 16.2. The Morgan fingerprint density at radius 2 is 1.92 bits per heavy atom. The zero-order valence-electron chi connectivity index (χ0n) is 13.4. The monoisotopic (exact) mass is 318 g/mol. The molecule has 0 saturated heterocycles. The normalized spacial score (nSPS) is 19.0. The van der Waals surface area contributed by atoms with Crippen LogP contribution in [0.5, 0.6) is 0 Å². The summed E-state index contributed by atoms with van der Waals surface area (Å²) >= 11 is 0. The summed E-state index contributed by atoms with van der Waals surface area (Å²) in [5.41, 5.74) is 4.21. The van der Waals surface area contributed by atoms with E-state index < -0.39 is 0 Å². The Bertz CT molecular complexity index is 873. The predicted molar refractivity (Wildman–Crippen MR) is 92.0 cm³/mol. The number of hydrogen-bond donors (Lipinski definition) is 1. The van der Waals surface area contributed by atoms with Crippen molar-refractivity contribution in [1.29, 1.82) is 0 Å². The van der Waals surface area contributed by atoms with Gasteiger partial charge in [-0.3, -0.25) is 9.36 Å². The lowest BCUT2D eigenvalue weighted by Crippen LogP contribution is -2.14. The predicted octanol–water partition coefficient (Wildman–Crippen LogP) is 3.32. The van der Waals surface area contributed by atoms with E-state index in [4.69, 9.17) is 0 Å². The summed E-state index contributed by atoms with van der Waals surface area (Å²) in [4.78, 5) is 12.5. The van der Waals surface area contributed by atoms with Gasteiger partial charge in [0.15, 0.2) is 0 Å². The molecule has 24 heavy (non-hydrogen) atoms. The van der Waals surface area contributed by atoms with Crippen molar-refractivity contribution in [2.24, 2.45) is 5.92 Å². The van der Waals surface area contributed by atoms with Gasteiger partial charge in [-0.25, -0.2) is 0 Å². The molecule has 4 rings (SSSR count). The fourth-order valence-corrected chi connectivity index (χ4v) is 3.07. The van der Waals surface area contributed by atoms with Crippen LogP contribution in [-0.2, 0) is 4.79 Å². The van der Waals surface area contributed by atoms with Gasteiger partial charge >= 0.3 is 0 Å². The quantitative estimate of drug-likeness (QED) is 0.803. The number of amides is 1. The average molecular weight is 318 g/mol. The first-order valence-electron chi connectivity index (χ1n) is 8.03. The topological polar surface area (TPSA) is 59.8 Å². The van der Waals surface area contributed by atoms with Crippen LogP contribution in [0.3, 0.4) is 0 Å². The van der Waals surface area contributed by atoms with Crippen LogP contribution in [0.15, 0.2) is 61.2 Å². The summed E-state index contributed by atoms with van der Waals surface area (Å²) in [6.07, 6.45) is 4.19. The lowest BCUT2D eigenvalue weighted by atomic mass is 10.1. The summed E-state index contributed by atoms with van der Waals surface area (Å²) < 4.78 is 1.81. The molecule has 1 aromatic heterocycles. The number of nitrogens with zero attached hydrogens (tertiary/aromatic N) is 3. The van der Waals surface area contributed by atoms with Crippen LogP contribution in [0.1, 0.15) is 23.5 Å². The van der Waals surface area contributed by atoms with Crippen molar-refractivity contribution in [3.05, 3.63) is 72.3 Å². The van der Waals surface area contributed by atoms with Crippen LogP contribution < -0.4 is 5.32 Å². The van der Waals surface area contributed by atoms with Crippen LogP contribution in [0.2, 0.25) is 0 Å². The van der Waals surface area contributed by atoms with E-state index in [0.29, 0.717) is 5.92 Å².